The molecule has 1 atom stereocenters. The molecule has 56 heavy (non-hydrogen) atoms. The van der Waals surface area contributed by atoms with Gasteiger partial charge in [0.15, 0.2) is 18.2 Å². The number of anilines is 3. The third kappa shape index (κ3) is 8.18. The first-order valence-electron chi connectivity index (χ1n) is 17.7. The average Bonchev–Trinajstić information content (AvgIpc) is 3.87. The molecule has 2 aromatic carbocycles. The van der Waals surface area contributed by atoms with Crippen molar-refractivity contribution in [2.45, 2.75) is 50.9 Å². The highest BCUT2D eigenvalue weighted by atomic mass is 35.5. The fourth-order valence-electron chi connectivity index (χ4n) is 7.30. The van der Waals surface area contributed by atoms with Crippen LogP contribution in [0.5, 0.6) is 11.8 Å². The third-order valence-corrected chi connectivity index (χ3v) is 11.2. The standard InChI is InChI=1S/C27H20ClF2N7O2S.C7H13N.C3H6F3NO/c1-11(12-4-3-7-34-24(12)32)37-8-9-39-22-18-21(35-27(38-2)36-26(18)37)20(30)17(19(22)28)13-5-6-15(29)23-16(13)14(10-31)25(33)40-23;1-3-7-4-2-6-8(7)5-1;1-7-8-2-3(4,5)6/h3-7,11H,8-9,33H2,1-2H3,(H2,32,34);7H,1-6H2;7H,2H2,1H3. The van der Waals surface area contributed by atoms with Crippen LogP contribution in [0.1, 0.15) is 49.8 Å². The number of hydroxylamine groups is 1. The van der Waals surface area contributed by atoms with Gasteiger partial charge in [0.1, 0.15) is 40.6 Å². The number of ether oxygens (including phenoxy) is 2. The molecule has 5 N–H and O–H groups in total. The van der Waals surface area contributed by atoms with Crippen molar-refractivity contribution in [1.82, 2.24) is 25.3 Å². The molecule has 0 aliphatic carbocycles. The zero-order valence-electron chi connectivity index (χ0n) is 30.6. The molecule has 6 heterocycles. The number of methoxy groups -OCH3 is 1. The molecule has 0 saturated carbocycles. The van der Waals surface area contributed by atoms with Gasteiger partial charge in [-0.15, -0.1) is 11.3 Å². The SMILES string of the molecule is C1CC2CCCN2C1.CNOCC(F)(F)F.COc1nc2c3c(c(Cl)c(-c4ccc(F)c5sc(N)c(C#N)c45)c(F)c3n1)OCCN2C(C)c1cccnc1N. The Bertz CT molecular complexity index is 2250. The fraction of sp³-hybridized carbons (Fsp3) is 0.405. The topological polar surface area (TPSA) is 161 Å². The number of nitrogens with two attached hydrogens (primary N) is 2. The van der Waals surface area contributed by atoms with Crippen molar-refractivity contribution in [3.05, 3.63) is 58.2 Å². The lowest BCUT2D eigenvalue weighted by molar-refractivity contribution is -0.187. The number of nitriles is 1. The van der Waals surface area contributed by atoms with Crippen molar-refractivity contribution in [2.75, 3.05) is 63.4 Å². The number of nitrogens with zero attached hydrogens (tertiary/aromatic N) is 6. The first kappa shape index (κ1) is 40.9. The fourth-order valence-corrected chi connectivity index (χ4v) is 8.58. The molecule has 0 amide bonds. The molecule has 3 aliphatic rings. The number of thiophene rings is 1. The summed E-state index contributed by atoms with van der Waals surface area (Å²) in [6.45, 7) is 3.97. The van der Waals surface area contributed by atoms with Crippen LogP contribution >= 0.6 is 22.9 Å². The van der Waals surface area contributed by atoms with Gasteiger partial charge in [0.05, 0.1) is 40.4 Å². The van der Waals surface area contributed by atoms with Crippen molar-refractivity contribution < 1.29 is 36.3 Å². The van der Waals surface area contributed by atoms with E-state index >= 15 is 4.39 Å². The molecule has 0 bridgehead atoms. The van der Waals surface area contributed by atoms with E-state index in [0.717, 1.165) is 22.9 Å². The lowest BCUT2D eigenvalue weighted by atomic mass is 9.96. The van der Waals surface area contributed by atoms with Gasteiger partial charge in [-0.2, -0.15) is 28.4 Å². The minimum atomic E-state index is -4.23. The van der Waals surface area contributed by atoms with E-state index in [-0.39, 0.29) is 72.1 Å². The second kappa shape index (κ2) is 17.1. The van der Waals surface area contributed by atoms with Gasteiger partial charge in [-0.05, 0) is 63.4 Å². The van der Waals surface area contributed by atoms with E-state index in [4.69, 9.17) is 32.5 Å². The first-order chi connectivity index (χ1) is 26.8. The van der Waals surface area contributed by atoms with E-state index in [2.05, 4.69) is 24.7 Å². The van der Waals surface area contributed by atoms with Crippen molar-refractivity contribution in [3.8, 4) is 29.0 Å². The molecule has 0 radical (unpaired) electrons. The van der Waals surface area contributed by atoms with E-state index in [1.54, 1.807) is 12.3 Å². The number of benzene rings is 2. The number of halogens is 6. The van der Waals surface area contributed by atoms with Crippen LogP contribution in [-0.2, 0) is 4.84 Å². The van der Waals surface area contributed by atoms with Crippen molar-refractivity contribution in [1.29, 1.82) is 5.26 Å². The Morgan fingerprint density at radius 3 is 2.46 bits per heavy atom. The Kier molecular flexibility index (Phi) is 12.5. The lowest BCUT2D eigenvalue weighted by Gasteiger charge is -2.30. The molecule has 298 valence electrons. The highest BCUT2D eigenvalue weighted by Crippen LogP contribution is 2.51. The number of nitrogens with one attached hydrogen (secondary N) is 1. The van der Waals surface area contributed by atoms with Gasteiger partial charge in [-0.3, -0.25) is 4.84 Å². The van der Waals surface area contributed by atoms with Crippen LogP contribution in [0.25, 0.3) is 32.1 Å². The van der Waals surface area contributed by atoms with Crippen molar-refractivity contribution in [2.24, 2.45) is 0 Å². The van der Waals surface area contributed by atoms with Crippen LogP contribution in [-0.4, -0.2) is 79.1 Å². The largest absolute Gasteiger partial charge is 0.489 e. The highest BCUT2D eigenvalue weighted by molar-refractivity contribution is 7.23. The summed E-state index contributed by atoms with van der Waals surface area (Å²) in [6, 6.07) is 8.77. The first-order valence-corrected chi connectivity index (χ1v) is 18.9. The van der Waals surface area contributed by atoms with Gasteiger partial charge in [-0.1, -0.05) is 23.7 Å². The van der Waals surface area contributed by atoms with Crippen LogP contribution in [0.15, 0.2) is 30.5 Å². The Hall–Kier alpha value is -4.80. The van der Waals surface area contributed by atoms with Gasteiger partial charge < -0.3 is 30.7 Å². The average molecular weight is 820 g/mol. The number of nitrogen functional groups attached to an aromatic ring is 2. The van der Waals surface area contributed by atoms with Gasteiger partial charge in [0.2, 0.25) is 0 Å². The summed E-state index contributed by atoms with van der Waals surface area (Å²) < 4.78 is 76.2. The molecular weight excluding hydrogens is 781 g/mol. The minimum Gasteiger partial charge on any atom is -0.489 e. The Labute approximate surface area is 328 Å². The molecule has 2 saturated heterocycles. The number of fused-ring (bicyclic) bond motifs is 2. The molecule has 1 unspecified atom stereocenters. The quantitative estimate of drug-likeness (QED) is 0.113. The maximum atomic E-state index is 16.6. The van der Waals surface area contributed by atoms with Crippen molar-refractivity contribution in [3.63, 3.8) is 0 Å². The second-order valence-corrected chi connectivity index (χ2v) is 14.5. The van der Waals surface area contributed by atoms with E-state index in [1.165, 1.54) is 65.1 Å². The zero-order valence-corrected chi connectivity index (χ0v) is 32.2. The number of pyridine rings is 1. The Morgan fingerprint density at radius 2 is 1.86 bits per heavy atom. The summed E-state index contributed by atoms with van der Waals surface area (Å²) >= 11 is 7.79. The Balaban J connectivity index is 0.000000274. The second-order valence-electron chi connectivity index (χ2n) is 13.1. The van der Waals surface area contributed by atoms with Gasteiger partial charge in [-0.25, -0.2) is 19.2 Å². The van der Waals surface area contributed by atoms with Gasteiger partial charge in [0.25, 0.3) is 0 Å². The van der Waals surface area contributed by atoms with Gasteiger partial charge >= 0.3 is 12.2 Å². The maximum absolute atomic E-state index is 16.6. The number of hydrogen-bond acceptors (Lipinski definition) is 13. The number of rotatable bonds is 6. The monoisotopic (exact) mass is 819 g/mol. The predicted molar refractivity (Wildman–Crippen MR) is 206 cm³/mol. The zero-order chi connectivity index (χ0) is 40.3. The molecule has 12 nitrogen and oxygen atoms in total. The van der Waals surface area contributed by atoms with Crippen LogP contribution in [0.3, 0.4) is 0 Å². The van der Waals surface area contributed by atoms with Crippen molar-refractivity contribution >= 4 is 60.6 Å². The molecule has 19 heteroatoms. The van der Waals surface area contributed by atoms with Crippen LogP contribution in [0.2, 0.25) is 5.02 Å². The molecule has 2 fully saturated rings. The molecule has 8 rings (SSSR count). The summed E-state index contributed by atoms with van der Waals surface area (Å²) in [6.07, 6.45) is 3.26. The van der Waals surface area contributed by atoms with E-state index in [1.807, 2.05) is 29.4 Å². The summed E-state index contributed by atoms with van der Waals surface area (Å²) in [7, 11) is 2.65. The van der Waals surface area contributed by atoms with E-state index in [9.17, 15) is 22.8 Å². The normalized spacial score (nSPS) is 16.0. The predicted octanol–water partition coefficient (Wildman–Crippen LogP) is 7.79. The Morgan fingerprint density at radius 1 is 1.12 bits per heavy atom. The number of alkyl halides is 3. The van der Waals surface area contributed by atoms with Crippen LogP contribution < -0.4 is 31.3 Å². The molecule has 3 aliphatic heterocycles. The minimum absolute atomic E-state index is 0.0341. The van der Waals surface area contributed by atoms with E-state index in [0.29, 0.717) is 18.2 Å². The maximum Gasteiger partial charge on any atom is 0.413 e. The molecule has 3 aromatic heterocycles. The smallest absolute Gasteiger partial charge is 0.413 e. The molecule has 0 spiro atoms. The summed E-state index contributed by atoms with van der Waals surface area (Å²) in [5.41, 5.74) is 14.8. The summed E-state index contributed by atoms with van der Waals surface area (Å²) in [5, 5.41) is 10.2. The van der Waals surface area contributed by atoms with Crippen LogP contribution in [0, 0.1) is 23.0 Å². The summed E-state index contributed by atoms with van der Waals surface area (Å²) in [4.78, 5) is 21.4. The number of hydrogen-bond donors (Lipinski definition) is 3. The molecular formula is C37H39ClF5N9O3S. The van der Waals surface area contributed by atoms with Gasteiger partial charge in [0, 0.05) is 35.8 Å². The van der Waals surface area contributed by atoms with E-state index < -0.39 is 24.4 Å². The third-order valence-electron chi connectivity index (χ3n) is 9.83. The molecule has 5 aromatic rings. The van der Waals surface area contributed by atoms with Crippen LogP contribution in [0.4, 0.5) is 38.6 Å². The highest BCUT2D eigenvalue weighted by Gasteiger charge is 2.34. The number of aromatic nitrogens is 3. The lowest BCUT2D eigenvalue weighted by Crippen LogP contribution is -2.31. The summed E-state index contributed by atoms with van der Waals surface area (Å²) in [5.74, 6) is -0.570.